The molecule has 2 heterocycles. The number of carbonyl (C=O) groups excluding carboxylic acids is 7. The quantitative estimate of drug-likeness (QED) is 0.144. The van der Waals surface area contributed by atoms with Crippen molar-refractivity contribution >= 4 is 41.0 Å². The van der Waals surface area contributed by atoms with Crippen LogP contribution in [0, 0.1) is 79.8 Å². The third kappa shape index (κ3) is 13.1. The van der Waals surface area contributed by atoms with Crippen LogP contribution in [0.25, 0.3) is 0 Å². The Morgan fingerprint density at radius 3 is 1.37 bits per heavy atom. The average molecular weight is 914 g/mol. The van der Waals surface area contributed by atoms with E-state index in [-0.39, 0.29) is 107 Å². The number of esters is 1. The van der Waals surface area contributed by atoms with Gasteiger partial charge >= 0.3 is 5.97 Å². The fourth-order valence-electron chi connectivity index (χ4n) is 11.6. The first-order valence-corrected chi connectivity index (χ1v) is 24.2. The lowest BCUT2D eigenvalue weighted by Crippen LogP contribution is -2.51. The zero-order valence-electron chi connectivity index (χ0n) is 42.8. The van der Waals surface area contributed by atoms with Gasteiger partial charge in [0.1, 0.15) is 23.7 Å². The summed E-state index contributed by atoms with van der Waals surface area (Å²) < 4.78 is 5.02. The molecule has 3 amide bonds. The summed E-state index contributed by atoms with van der Waals surface area (Å²) in [5.74, 6) is -1.55. The van der Waals surface area contributed by atoms with Gasteiger partial charge in [0.05, 0.1) is 13.2 Å². The van der Waals surface area contributed by atoms with Crippen molar-refractivity contribution in [2.24, 2.45) is 85.6 Å². The molecular weight excluding hydrogens is 823 g/mol. The van der Waals surface area contributed by atoms with Gasteiger partial charge in [0.2, 0.25) is 17.7 Å². The van der Waals surface area contributed by atoms with E-state index in [0.717, 1.165) is 19.3 Å². The Kier molecular flexibility index (Phi) is 17.1. The number of hydrogen-bond donors (Lipinski definition) is 2. The van der Waals surface area contributed by atoms with E-state index in [9.17, 15) is 38.7 Å². The van der Waals surface area contributed by atoms with Crippen LogP contribution in [0.4, 0.5) is 0 Å². The molecule has 0 aromatic rings. The lowest BCUT2D eigenvalue weighted by atomic mass is 9.74. The summed E-state index contributed by atoms with van der Waals surface area (Å²) in [5.41, 5.74) is 4.42. The molecule has 3 aliphatic carbocycles. The smallest absolute Gasteiger partial charge is 0.328 e. The number of Topliss-reactive ketones (excluding diaryl/α,β-unsaturated/α-hetero) is 3. The van der Waals surface area contributed by atoms with Crippen molar-refractivity contribution in [1.29, 1.82) is 0 Å². The summed E-state index contributed by atoms with van der Waals surface area (Å²) in [6, 6.07) is -1.11. The molecule has 2 aliphatic heterocycles. The van der Waals surface area contributed by atoms with Gasteiger partial charge in [-0.1, -0.05) is 137 Å². The van der Waals surface area contributed by atoms with Gasteiger partial charge in [-0.15, -0.1) is 0 Å². The molecule has 0 spiro atoms. The number of rotatable bonds is 16. The van der Waals surface area contributed by atoms with Crippen LogP contribution in [0.5, 0.6) is 0 Å². The highest BCUT2D eigenvalue weighted by Gasteiger charge is 2.71. The first kappa shape index (κ1) is 56.2. The van der Waals surface area contributed by atoms with Crippen molar-refractivity contribution in [3.05, 3.63) is 0 Å². The maximum absolute atomic E-state index is 14.0. The zero-order valence-corrected chi connectivity index (χ0v) is 42.8. The molecule has 3 saturated carbocycles. The van der Waals surface area contributed by atoms with Gasteiger partial charge in [-0.2, -0.15) is 0 Å². The summed E-state index contributed by atoms with van der Waals surface area (Å²) in [4.78, 5) is 94.7. The number of aliphatic hydroxyl groups excluding tert-OH is 1. The molecule has 2 saturated heterocycles. The van der Waals surface area contributed by atoms with Crippen LogP contribution >= 0.6 is 0 Å². The number of nitrogens with zero attached hydrogens (tertiary/aromatic N) is 2. The normalized spacial score (nSPS) is 27.2. The number of nitrogens with two attached hydrogens (primary N) is 1. The molecule has 3 N–H and O–H groups in total. The fourth-order valence-corrected chi connectivity index (χ4v) is 11.6. The van der Waals surface area contributed by atoms with Gasteiger partial charge < -0.3 is 25.4 Å². The van der Waals surface area contributed by atoms with Gasteiger partial charge in [0, 0.05) is 68.9 Å². The fraction of sp³-hybridized carbons (Fsp3) is 0.868. The maximum Gasteiger partial charge on any atom is 0.328 e. The van der Waals surface area contributed by atoms with Crippen molar-refractivity contribution in [3.8, 4) is 0 Å². The topological polar surface area (TPSA) is 181 Å². The van der Waals surface area contributed by atoms with Gasteiger partial charge in [-0.3, -0.25) is 28.8 Å². The van der Waals surface area contributed by atoms with E-state index in [1.165, 1.54) is 7.11 Å². The lowest BCUT2D eigenvalue weighted by Gasteiger charge is -2.38. The van der Waals surface area contributed by atoms with Gasteiger partial charge in [0.25, 0.3) is 0 Å². The Balaban J connectivity index is 0.000000357. The maximum atomic E-state index is 14.0. The Morgan fingerprint density at radius 1 is 0.662 bits per heavy atom. The second-order valence-corrected chi connectivity index (χ2v) is 26.4. The van der Waals surface area contributed by atoms with Crippen LogP contribution < -0.4 is 5.73 Å². The molecule has 0 bridgehead atoms. The summed E-state index contributed by atoms with van der Waals surface area (Å²) in [7, 11) is 1.38. The number of fused-ring (bicyclic) bond motifs is 2. The molecule has 12 heteroatoms. The molecule has 0 radical (unpaired) electrons. The minimum Gasteiger partial charge on any atom is -0.467 e. The minimum absolute atomic E-state index is 0. The summed E-state index contributed by atoms with van der Waals surface area (Å²) >= 11 is 0. The lowest BCUT2D eigenvalue weighted by molar-refractivity contribution is -0.156. The minimum atomic E-state index is -1.37. The van der Waals surface area contributed by atoms with Crippen molar-refractivity contribution in [3.63, 3.8) is 0 Å². The van der Waals surface area contributed by atoms with Crippen LogP contribution in [-0.2, 0) is 38.3 Å². The van der Waals surface area contributed by atoms with Crippen LogP contribution in [0.15, 0.2) is 0 Å². The van der Waals surface area contributed by atoms with E-state index in [2.05, 4.69) is 27.7 Å². The van der Waals surface area contributed by atoms with E-state index in [1.807, 2.05) is 83.1 Å². The Hall–Kier alpha value is -3.15. The summed E-state index contributed by atoms with van der Waals surface area (Å²) in [5, 5.41) is 10.5. The Labute approximate surface area is 393 Å². The summed E-state index contributed by atoms with van der Waals surface area (Å²) in [6.07, 6.45) is 3.72. The van der Waals surface area contributed by atoms with Gasteiger partial charge in [-0.25, -0.2) is 4.79 Å². The molecule has 5 rings (SSSR count). The van der Waals surface area contributed by atoms with E-state index in [1.54, 1.807) is 9.80 Å². The molecular formula is C53H91N3O9. The van der Waals surface area contributed by atoms with Crippen LogP contribution in [-0.4, -0.2) is 94.3 Å². The van der Waals surface area contributed by atoms with Crippen LogP contribution in [0.2, 0.25) is 0 Å². The number of ketones is 3. The third-order valence-corrected chi connectivity index (χ3v) is 15.8. The molecule has 65 heavy (non-hydrogen) atoms. The number of amides is 3. The van der Waals surface area contributed by atoms with Gasteiger partial charge in [-0.05, 0) is 62.6 Å². The van der Waals surface area contributed by atoms with Crippen molar-refractivity contribution < 1.29 is 43.4 Å². The molecule has 10 atom stereocenters. The number of ether oxygens (including phenoxy) is 1. The number of hydrogen-bond acceptors (Lipinski definition) is 9. The molecule has 6 unspecified atom stereocenters. The second-order valence-electron chi connectivity index (χ2n) is 26.4. The highest BCUT2D eigenvalue weighted by Crippen LogP contribution is 2.66. The number of methoxy groups -OCH3 is 1. The van der Waals surface area contributed by atoms with Crippen molar-refractivity contribution in [2.75, 3.05) is 20.2 Å². The van der Waals surface area contributed by atoms with E-state index < -0.39 is 47.3 Å². The van der Waals surface area contributed by atoms with Crippen LogP contribution in [0.3, 0.4) is 0 Å². The van der Waals surface area contributed by atoms with E-state index in [0.29, 0.717) is 44.2 Å². The molecule has 0 aromatic heterocycles. The van der Waals surface area contributed by atoms with Crippen molar-refractivity contribution in [2.45, 2.75) is 194 Å². The molecule has 12 nitrogen and oxygen atoms in total. The van der Waals surface area contributed by atoms with Crippen molar-refractivity contribution in [1.82, 2.24) is 9.80 Å². The number of primary amides is 1. The SMILES string of the molecule is C.CC(C)(C)CC(=O)C[C@H](C(=O)N1CC2C([C@H]1C(=O)CC(CC1CCC1)C(O)C(N)=O)C2(C)C)C(C)(C)C.COC(=O)[C@@H]1C2C(CN1C(=O)[C@@H](CC(=O)CC(C)(C)C)C(C)(C)C)C2(C)C. The predicted molar refractivity (Wildman–Crippen MR) is 255 cm³/mol. The highest BCUT2D eigenvalue weighted by molar-refractivity contribution is 5.94. The predicted octanol–water partition coefficient (Wildman–Crippen LogP) is 8.48. The molecule has 372 valence electrons. The average Bonchev–Trinajstić information content (AvgIpc) is 3.58. The Bertz CT molecular complexity index is 1790. The van der Waals surface area contributed by atoms with Gasteiger partial charge in [0.15, 0.2) is 5.78 Å². The molecule has 0 aromatic carbocycles. The van der Waals surface area contributed by atoms with E-state index in [4.69, 9.17) is 10.5 Å². The number of aliphatic hydroxyl groups is 1. The first-order chi connectivity index (χ1) is 28.9. The van der Waals surface area contributed by atoms with E-state index >= 15 is 0 Å². The number of piperidine rings is 2. The number of likely N-dealkylation sites (tertiary alicyclic amines) is 2. The largest absolute Gasteiger partial charge is 0.467 e. The summed E-state index contributed by atoms with van der Waals surface area (Å²) in [6.45, 7) is 33.7. The zero-order chi connectivity index (χ0) is 49.0. The monoisotopic (exact) mass is 914 g/mol. The number of carbonyl (C=O) groups is 7. The first-order valence-electron chi connectivity index (χ1n) is 24.2. The standard InChI is InChI=1S/C30H50N2O5.C22H37NO4.CH4/c1-28(2,3)15-19(33)14-20(29(4,5)6)27(37)32-16-21-23(30(21,7)8)24(32)22(34)13-18(25(35)26(31)36)12-17-10-9-11-17;1-20(2,3)11-13(24)10-14(21(4,5)6)18(25)23-12-15-16(22(15,7)8)17(23)19(26)27-9;/h17-18,20-21,23-25,35H,9-16H2,1-8H3,(H2,31,36);14-17H,10-12H2,1-9H3;1H4/t18?,20-,21?,23?,24-,25?;14-,15?,16?,17+;/m11./s1. The third-order valence-electron chi connectivity index (χ3n) is 15.8. The Morgan fingerprint density at radius 2 is 1.05 bits per heavy atom. The van der Waals surface area contributed by atoms with Crippen LogP contribution in [0.1, 0.15) is 176 Å². The second kappa shape index (κ2) is 19.8. The molecule has 5 aliphatic rings. The highest BCUT2D eigenvalue weighted by atomic mass is 16.5. The molecule has 5 fully saturated rings.